The van der Waals surface area contributed by atoms with Crippen LogP contribution in [0, 0.1) is 17.5 Å². The van der Waals surface area contributed by atoms with E-state index in [0.29, 0.717) is 36.7 Å². The van der Waals surface area contributed by atoms with Crippen LogP contribution >= 0.6 is 0 Å². The predicted molar refractivity (Wildman–Crippen MR) is 100 cm³/mol. The van der Waals surface area contributed by atoms with E-state index in [2.05, 4.69) is 10.4 Å². The first kappa shape index (κ1) is 20.2. The lowest BCUT2D eigenvalue weighted by atomic mass is 10.1. The fourth-order valence-electron chi connectivity index (χ4n) is 3.76. The summed E-state index contributed by atoms with van der Waals surface area (Å²) in [5.74, 6) is -4.58. The number of halogens is 3. The van der Waals surface area contributed by atoms with Crippen molar-refractivity contribution in [1.82, 2.24) is 14.7 Å². The smallest absolute Gasteiger partial charge is 0.322 e. The molecule has 30 heavy (non-hydrogen) atoms. The van der Waals surface area contributed by atoms with E-state index in [9.17, 15) is 22.8 Å². The van der Waals surface area contributed by atoms with E-state index in [4.69, 9.17) is 4.74 Å². The van der Waals surface area contributed by atoms with Gasteiger partial charge in [-0.25, -0.2) is 18.0 Å². The van der Waals surface area contributed by atoms with E-state index < -0.39 is 23.5 Å². The highest BCUT2D eigenvalue weighted by Gasteiger charge is 2.35. The third-order valence-corrected chi connectivity index (χ3v) is 5.27. The predicted octanol–water partition coefficient (Wildman–Crippen LogP) is 2.49. The Morgan fingerprint density at radius 2 is 1.90 bits per heavy atom. The van der Waals surface area contributed by atoms with Gasteiger partial charge in [0.05, 0.1) is 49.4 Å². The number of rotatable bonds is 2. The quantitative estimate of drug-likeness (QED) is 0.753. The summed E-state index contributed by atoms with van der Waals surface area (Å²) in [5, 5.41) is 6.75. The third-order valence-electron chi connectivity index (χ3n) is 5.27. The maximum absolute atomic E-state index is 13.5. The van der Waals surface area contributed by atoms with Gasteiger partial charge in [0.2, 0.25) is 0 Å². The lowest BCUT2D eigenvalue weighted by molar-refractivity contribution is -0.127. The van der Waals surface area contributed by atoms with E-state index >= 15 is 0 Å². The number of urea groups is 1. The fraction of sp³-hybridized carbons (Fsp3) is 0.421. The number of hydrogen-bond acceptors (Lipinski definition) is 4. The molecule has 2 atom stereocenters. The Balaban J connectivity index is 1.58. The average Bonchev–Trinajstić information content (AvgIpc) is 3.07. The summed E-state index contributed by atoms with van der Waals surface area (Å²) < 4.78 is 47.1. The molecule has 1 fully saturated rings. The molecule has 1 N–H and O–H groups in total. The van der Waals surface area contributed by atoms with Gasteiger partial charge in [-0.3, -0.25) is 9.48 Å². The van der Waals surface area contributed by atoms with Gasteiger partial charge in [0.1, 0.15) is 6.61 Å². The van der Waals surface area contributed by atoms with Crippen molar-refractivity contribution in [3.63, 3.8) is 0 Å². The molecule has 0 aliphatic carbocycles. The maximum Gasteiger partial charge on any atom is 0.322 e. The number of nitrogens with one attached hydrogen (secondary N) is 1. The Kier molecular flexibility index (Phi) is 5.14. The Hall–Kier alpha value is -3.08. The number of carbonyl (C=O) groups is 2. The van der Waals surface area contributed by atoms with E-state index in [1.807, 2.05) is 6.92 Å². The number of benzene rings is 1. The standard InChI is InChI=1S/C19H20F3N5O3/c1-10-6-26-16(15(5-23-26)27-11(2)8-30-9-17(27)28)7-25(10)19(29)24-12-3-13(20)18(22)14(21)4-12/h3-5,10-11H,6-9H2,1-2H3,(H,24,29)/t10-,11-/m0/s1. The van der Waals surface area contributed by atoms with Gasteiger partial charge in [-0.1, -0.05) is 0 Å². The van der Waals surface area contributed by atoms with Gasteiger partial charge in [0, 0.05) is 17.8 Å². The number of carbonyl (C=O) groups excluding carboxylic acids is 2. The van der Waals surface area contributed by atoms with Crippen LogP contribution in [0.4, 0.5) is 29.3 Å². The molecule has 2 aliphatic rings. The molecule has 1 aromatic carbocycles. The van der Waals surface area contributed by atoms with Crippen LogP contribution in [0.5, 0.6) is 0 Å². The van der Waals surface area contributed by atoms with E-state index in [0.717, 1.165) is 0 Å². The molecule has 0 unspecified atom stereocenters. The van der Waals surface area contributed by atoms with Crippen molar-refractivity contribution in [1.29, 1.82) is 0 Å². The summed E-state index contributed by atoms with van der Waals surface area (Å²) in [4.78, 5) is 28.2. The molecule has 0 spiro atoms. The van der Waals surface area contributed by atoms with Gasteiger partial charge >= 0.3 is 6.03 Å². The second kappa shape index (κ2) is 7.63. The van der Waals surface area contributed by atoms with Gasteiger partial charge in [-0.2, -0.15) is 5.10 Å². The molecule has 160 valence electrons. The van der Waals surface area contributed by atoms with Crippen LogP contribution in [0.2, 0.25) is 0 Å². The highest BCUT2D eigenvalue weighted by molar-refractivity contribution is 5.96. The lowest BCUT2D eigenvalue weighted by Crippen LogP contribution is -2.50. The summed E-state index contributed by atoms with van der Waals surface area (Å²) >= 11 is 0. The zero-order chi connectivity index (χ0) is 21.6. The number of hydrogen-bond donors (Lipinski definition) is 1. The van der Waals surface area contributed by atoms with Crippen molar-refractivity contribution >= 4 is 23.3 Å². The normalized spacial score (nSPS) is 21.6. The van der Waals surface area contributed by atoms with Gasteiger partial charge in [0.15, 0.2) is 17.5 Å². The highest BCUT2D eigenvalue weighted by Crippen LogP contribution is 2.30. The zero-order valence-electron chi connectivity index (χ0n) is 16.4. The van der Waals surface area contributed by atoms with Gasteiger partial charge < -0.3 is 19.9 Å². The second-order valence-electron chi connectivity index (χ2n) is 7.45. The molecule has 2 aromatic rings. The number of aromatic nitrogens is 2. The molecule has 1 aromatic heterocycles. The molecule has 8 nitrogen and oxygen atoms in total. The molecule has 1 saturated heterocycles. The number of ether oxygens (including phenoxy) is 1. The Morgan fingerprint density at radius 3 is 2.57 bits per heavy atom. The number of nitrogens with zero attached hydrogens (tertiary/aromatic N) is 4. The van der Waals surface area contributed by atoms with Crippen LogP contribution in [0.15, 0.2) is 18.3 Å². The number of morpholine rings is 1. The molecule has 0 bridgehead atoms. The van der Waals surface area contributed by atoms with Crippen LogP contribution in [0.1, 0.15) is 19.5 Å². The summed E-state index contributed by atoms with van der Waals surface area (Å²) in [6, 6.07) is 0.362. The molecule has 0 saturated carbocycles. The second-order valence-corrected chi connectivity index (χ2v) is 7.45. The topological polar surface area (TPSA) is 79.7 Å². The first-order valence-electron chi connectivity index (χ1n) is 9.43. The molecular formula is C19H20F3N5O3. The Morgan fingerprint density at radius 1 is 1.20 bits per heavy atom. The molecule has 11 heteroatoms. The first-order valence-corrected chi connectivity index (χ1v) is 9.43. The van der Waals surface area contributed by atoms with Crippen molar-refractivity contribution in [3.8, 4) is 0 Å². The van der Waals surface area contributed by atoms with Gasteiger partial charge in [-0.15, -0.1) is 0 Å². The Bertz CT molecular complexity index is 988. The summed E-state index contributed by atoms with van der Waals surface area (Å²) in [7, 11) is 0. The van der Waals surface area contributed by atoms with Gasteiger partial charge in [0.25, 0.3) is 5.91 Å². The lowest BCUT2D eigenvalue weighted by Gasteiger charge is -2.37. The van der Waals surface area contributed by atoms with Crippen molar-refractivity contribution < 1.29 is 27.5 Å². The van der Waals surface area contributed by atoms with Crippen molar-refractivity contribution in [2.75, 3.05) is 23.4 Å². The van der Waals surface area contributed by atoms with Gasteiger partial charge in [-0.05, 0) is 13.8 Å². The highest BCUT2D eigenvalue weighted by atomic mass is 19.2. The van der Waals surface area contributed by atoms with Crippen LogP contribution in [-0.4, -0.2) is 51.9 Å². The molecule has 3 amide bonds. The minimum Gasteiger partial charge on any atom is -0.369 e. The van der Waals surface area contributed by atoms with Crippen LogP contribution in [0.3, 0.4) is 0 Å². The largest absolute Gasteiger partial charge is 0.369 e. The first-order chi connectivity index (χ1) is 14.3. The minimum atomic E-state index is -1.60. The van der Waals surface area contributed by atoms with E-state index in [1.54, 1.807) is 22.7 Å². The third kappa shape index (κ3) is 3.49. The molecule has 3 heterocycles. The number of anilines is 2. The Labute approximate surface area is 170 Å². The summed E-state index contributed by atoms with van der Waals surface area (Å²) in [5.41, 5.74) is 1.07. The zero-order valence-corrected chi connectivity index (χ0v) is 16.4. The van der Waals surface area contributed by atoms with Crippen LogP contribution < -0.4 is 10.2 Å². The average molecular weight is 423 g/mol. The molecule has 0 radical (unpaired) electrons. The van der Waals surface area contributed by atoms with Crippen LogP contribution in [-0.2, 0) is 22.6 Å². The van der Waals surface area contributed by atoms with Crippen LogP contribution in [0.25, 0.3) is 0 Å². The number of amides is 3. The van der Waals surface area contributed by atoms with Crippen molar-refractivity contribution in [3.05, 3.63) is 41.5 Å². The maximum atomic E-state index is 13.5. The molecule has 4 rings (SSSR count). The summed E-state index contributed by atoms with van der Waals surface area (Å²) in [6.07, 6.45) is 1.59. The van der Waals surface area contributed by atoms with Crippen molar-refractivity contribution in [2.24, 2.45) is 0 Å². The van der Waals surface area contributed by atoms with E-state index in [-0.39, 0.29) is 36.8 Å². The van der Waals surface area contributed by atoms with E-state index in [1.165, 1.54) is 4.90 Å². The number of fused-ring (bicyclic) bond motifs is 1. The summed E-state index contributed by atoms with van der Waals surface area (Å²) in [6.45, 7) is 4.52. The SMILES string of the molecule is C[C@H]1Cn2ncc(N3C(=O)COC[C@@H]3C)c2CN1C(=O)Nc1cc(F)c(F)c(F)c1. The monoisotopic (exact) mass is 423 g/mol. The molecular weight excluding hydrogens is 403 g/mol. The fourth-order valence-corrected chi connectivity index (χ4v) is 3.76. The minimum absolute atomic E-state index is 0.0305. The molecule has 2 aliphatic heterocycles. The van der Waals surface area contributed by atoms with Crippen molar-refractivity contribution in [2.45, 2.75) is 39.0 Å².